The van der Waals surface area contributed by atoms with E-state index in [0.717, 1.165) is 49.7 Å². The van der Waals surface area contributed by atoms with Crippen molar-refractivity contribution in [2.75, 3.05) is 0 Å². The molecule has 0 unspecified atom stereocenters. The van der Waals surface area contributed by atoms with Crippen LogP contribution in [0, 0.1) is 45.6 Å². The van der Waals surface area contributed by atoms with Crippen molar-refractivity contribution in [3.63, 3.8) is 0 Å². The Balaban J connectivity index is 0.000000215. The Morgan fingerprint density at radius 3 is 2.20 bits per heavy atom. The van der Waals surface area contributed by atoms with Gasteiger partial charge in [-0.05, 0) is 73.9 Å². The van der Waals surface area contributed by atoms with Crippen molar-refractivity contribution in [3.8, 4) is 28.3 Å². The summed E-state index contributed by atoms with van der Waals surface area (Å²) in [5, 5.41) is 2.86. The zero-order valence-electron chi connectivity index (χ0n) is 35.1. The van der Waals surface area contributed by atoms with E-state index < -0.39 is 14.9 Å². The molecule has 54 heavy (non-hydrogen) atoms. The van der Waals surface area contributed by atoms with Gasteiger partial charge in [0.05, 0.1) is 30.5 Å². The van der Waals surface area contributed by atoms with E-state index in [1.165, 1.54) is 34.5 Å². The average Bonchev–Trinajstić information content (AvgIpc) is 3.68. The molecular formula is C46H45FIrN4OSi-2. The molecule has 0 aliphatic heterocycles. The van der Waals surface area contributed by atoms with Gasteiger partial charge >= 0.3 is 0 Å². The number of aromatic nitrogens is 4. The first-order valence-electron chi connectivity index (χ1n) is 19.3. The Kier molecular flexibility index (Phi) is 9.60. The van der Waals surface area contributed by atoms with Crippen LogP contribution in [0.4, 0.5) is 4.39 Å². The van der Waals surface area contributed by atoms with Gasteiger partial charge in [-0.1, -0.05) is 87.3 Å². The van der Waals surface area contributed by atoms with Gasteiger partial charge in [0, 0.05) is 58.4 Å². The second-order valence-electron chi connectivity index (χ2n) is 15.8. The van der Waals surface area contributed by atoms with Gasteiger partial charge in [0.1, 0.15) is 0 Å². The largest absolute Gasteiger partial charge is 0.486 e. The van der Waals surface area contributed by atoms with E-state index in [-0.39, 0.29) is 31.3 Å². The van der Waals surface area contributed by atoms with Crippen LogP contribution in [0.3, 0.4) is 0 Å². The summed E-state index contributed by atoms with van der Waals surface area (Å²) in [7, 11) is -1.81. The Labute approximate surface area is 336 Å². The molecule has 0 amide bonds. The summed E-state index contributed by atoms with van der Waals surface area (Å²) in [5.74, 6) is 0.491. The minimum Gasteiger partial charge on any atom is -0.486 e. The molecule has 0 N–H and O–H groups in total. The molecule has 1 radical (unpaired) electrons. The fourth-order valence-corrected chi connectivity index (χ4v) is 8.20. The quantitative estimate of drug-likeness (QED) is 0.130. The fourth-order valence-electron chi connectivity index (χ4n) is 6.87. The predicted octanol–water partition coefficient (Wildman–Crippen LogP) is 11.5. The van der Waals surface area contributed by atoms with E-state index >= 15 is 0 Å². The first-order valence-corrected chi connectivity index (χ1v) is 21.3. The Hall–Kier alpha value is -4.75. The first-order chi connectivity index (χ1) is 26.3. The van der Waals surface area contributed by atoms with Crippen LogP contribution in [0.15, 0.2) is 95.5 Å². The van der Waals surface area contributed by atoms with Gasteiger partial charge in [0.2, 0.25) is 5.71 Å². The van der Waals surface area contributed by atoms with Gasteiger partial charge in [-0.15, -0.1) is 53.6 Å². The molecule has 4 heterocycles. The molecule has 277 valence electrons. The summed E-state index contributed by atoms with van der Waals surface area (Å²) < 4.78 is 44.6. The van der Waals surface area contributed by atoms with Gasteiger partial charge < -0.3 is 14.0 Å². The third kappa shape index (κ3) is 7.61. The van der Waals surface area contributed by atoms with Crippen LogP contribution in [0.25, 0.3) is 61.4 Å². The molecule has 8 rings (SSSR count). The number of hydrogen-bond acceptors (Lipinski definition) is 4. The number of halogens is 1. The molecule has 5 nitrogen and oxygen atoms in total. The van der Waals surface area contributed by atoms with E-state index in [2.05, 4.69) is 131 Å². The summed E-state index contributed by atoms with van der Waals surface area (Å²) in [6.45, 7) is 17.0. The minimum absolute atomic E-state index is 0. The fraction of sp³-hybridized carbons (Fsp3) is 0.239. The maximum Gasteiger partial charge on any atom is 0.216 e. The summed E-state index contributed by atoms with van der Waals surface area (Å²) in [6, 6.07) is 32.9. The number of imidazole rings is 1. The van der Waals surface area contributed by atoms with Crippen LogP contribution in [0.2, 0.25) is 19.6 Å². The monoisotopic (exact) mass is 912 g/mol. The van der Waals surface area contributed by atoms with Crippen LogP contribution in [0.5, 0.6) is 0 Å². The van der Waals surface area contributed by atoms with Crippen molar-refractivity contribution in [2.24, 2.45) is 0 Å². The van der Waals surface area contributed by atoms with Crippen LogP contribution in [-0.2, 0) is 25.5 Å². The van der Waals surface area contributed by atoms with Crippen LogP contribution >= 0.6 is 0 Å². The molecule has 0 saturated heterocycles. The molecule has 4 aromatic carbocycles. The number of pyridine rings is 2. The molecule has 0 bridgehead atoms. The zero-order chi connectivity index (χ0) is 40.3. The molecular weight excluding hydrogens is 864 g/mol. The van der Waals surface area contributed by atoms with Crippen molar-refractivity contribution in [1.29, 1.82) is 0 Å². The van der Waals surface area contributed by atoms with Crippen molar-refractivity contribution in [2.45, 2.75) is 73.5 Å². The average molecular weight is 912 g/mol. The second kappa shape index (κ2) is 14.8. The molecule has 4 aromatic heterocycles. The van der Waals surface area contributed by atoms with Gasteiger partial charge in [-0.3, -0.25) is 9.37 Å². The zero-order valence-corrected chi connectivity index (χ0v) is 35.5. The molecule has 8 heteroatoms. The second-order valence-corrected chi connectivity index (χ2v) is 20.9. The molecule has 0 saturated carbocycles. The summed E-state index contributed by atoms with van der Waals surface area (Å²) >= 11 is 0. The van der Waals surface area contributed by atoms with Crippen LogP contribution < -0.4 is 5.19 Å². The standard InChI is InChI=1S/C31H28N3O.C15H17FNSi.Ir/c1-18-15-19(2)28(20(3)16-18)34-25-10-8-7-9-24(25)32-29(34)21-11-13-26-23(17-21)22-12-14-27(31(4,5)6)33-30(22)35-26;1-11-9-14(12-5-7-13(16)8-6-12)17-10-15(11)18(2,3)4;/h7-10,12-17H,1-6H3;5,7-10H,1-4H3;/q2*-1;/i;1D3;. The maximum atomic E-state index is 13.0. The normalized spacial score (nSPS) is 12.9. The van der Waals surface area contributed by atoms with Crippen LogP contribution in [0.1, 0.15) is 52.8 Å². The molecule has 8 aromatic rings. The Bertz CT molecular complexity index is 2740. The number of nitrogens with zero attached hydrogens (tertiary/aromatic N) is 4. The topological polar surface area (TPSA) is 56.7 Å². The molecule has 0 spiro atoms. The number of fused-ring (bicyclic) bond motifs is 4. The van der Waals surface area contributed by atoms with Crippen molar-refractivity contribution in [3.05, 3.63) is 137 Å². The summed E-state index contributed by atoms with van der Waals surface area (Å²) in [5.41, 5.74) is 11.7. The van der Waals surface area contributed by atoms with Gasteiger partial charge in [-0.25, -0.2) is 4.98 Å². The van der Waals surface area contributed by atoms with E-state index in [0.29, 0.717) is 22.5 Å². The molecule has 0 aliphatic rings. The summed E-state index contributed by atoms with van der Waals surface area (Å²) in [6.07, 6.45) is 1.65. The number of benzene rings is 4. The van der Waals surface area contributed by atoms with E-state index in [9.17, 15) is 4.39 Å². The number of rotatable bonds is 4. The first kappa shape index (κ1) is 35.0. The third-order valence-corrected chi connectivity index (χ3v) is 11.5. The SMILES string of the molecule is Cc1cc(C)c(-n2c(-c3[c-]cc4oc5nc(C(C)(C)C)ccc5c4c3)nc3ccccc32)c(C)c1.[2H]C([2H])([2H])c1cc(-c2[c-]cc(F)cc2)ncc1[Si](C)(C)C.[Ir]. The maximum absolute atomic E-state index is 13.0. The van der Waals surface area contributed by atoms with Crippen LogP contribution in [-0.4, -0.2) is 27.6 Å². The van der Waals surface area contributed by atoms with E-state index in [1.807, 2.05) is 12.1 Å². The number of para-hydroxylation sites is 2. The summed E-state index contributed by atoms with van der Waals surface area (Å²) in [4.78, 5) is 14.2. The van der Waals surface area contributed by atoms with E-state index in [4.69, 9.17) is 18.5 Å². The molecule has 0 aliphatic carbocycles. The van der Waals surface area contributed by atoms with Crippen molar-refractivity contribution < 1.29 is 33.0 Å². The third-order valence-electron chi connectivity index (χ3n) is 9.46. The van der Waals surface area contributed by atoms with Crippen molar-refractivity contribution in [1.82, 2.24) is 19.5 Å². The van der Waals surface area contributed by atoms with Gasteiger partial charge in [0.25, 0.3) is 0 Å². The number of hydrogen-bond donors (Lipinski definition) is 0. The minimum atomic E-state index is -2.19. The predicted molar refractivity (Wildman–Crippen MR) is 220 cm³/mol. The van der Waals surface area contributed by atoms with Gasteiger partial charge in [0.15, 0.2) is 0 Å². The van der Waals surface area contributed by atoms with Gasteiger partial charge in [-0.2, -0.15) is 0 Å². The smallest absolute Gasteiger partial charge is 0.216 e. The Morgan fingerprint density at radius 2 is 1.54 bits per heavy atom. The number of furan rings is 1. The van der Waals surface area contributed by atoms with Crippen molar-refractivity contribution >= 4 is 46.4 Å². The molecule has 0 atom stereocenters. The number of aryl methyl sites for hydroxylation is 4. The molecule has 0 fully saturated rings. The Morgan fingerprint density at radius 1 is 0.815 bits per heavy atom. The van der Waals surface area contributed by atoms with E-state index in [1.54, 1.807) is 18.3 Å².